The topological polar surface area (TPSA) is 26.3 Å². The van der Waals surface area contributed by atoms with Gasteiger partial charge in [-0.25, -0.2) is 0 Å². The second-order valence-corrected chi connectivity index (χ2v) is 7.69. The standard InChI is InChI=1S/C18H23O2P/c1-2-3-4-11-16-21(19,18-14-9-6-10-15-18)20-17-12-7-5-8-13-17/h5-10,12-15H,2-4,11,16H2,1H3. The minimum Gasteiger partial charge on any atom is -0.440 e. The molecule has 1 atom stereocenters. The van der Waals surface area contributed by atoms with E-state index in [1.54, 1.807) is 0 Å². The lowest BCUT2D eigenvalue weighted by Gasteiger charge is -2.20. The zero-order valence-electron chi connectivity index (χ0n) is 12.6. The molecule has 0 aliphatic heterocycles. The summed E-state index contributed by atoms with van der Waals surface area (Å²) in [5, 5.41) is 0.811. The molecule has 0 bridgehead atoms. The first-order chi connectivity index (χ1) is 10.2. The van der Waals surface area contributed by atoms with Gasteiger partial charge in [-0.1, -0.05) is 62.6 Å². The van der Waals surface area contributed by atoms with Crippen LogP contribution in [-0.4, -0.2) is 6.16 Å². The van der Waals surface area contributed by atoms with Crippen LogP contribution >= 0.6 is 7.37 Å². The summed E-state index contributed by atoms with van der Waals surface area (Å²) >= 11 is 0. The van der Waals surface area contributed by atoms with Gasteiger partial charge in [-0.05, 0) is 30.7 Å². The molecule has 112 valence electrons. The lowest BCUT2D eigenvalue weighted by Crippen LogP contribution is -2.12. The average molecular weight is 302 g/mol. The maximum atomic E-state index is 13.3. The van der Waals surface area contributed by atoms with Gasteiger partial charge in [0.2, 0.25) is 0 Å². The Morgan fingerprint density at radius 2 is 1.48 bits per heavy atom. The van der Waals surface area contributed by atoms with E-state index >= 15 is 0 Å². The molecule has 0 spiro atoms. The first-order valence-electron chi connectivity index (χ1n) is 7.64. The summed E-state index contributed by atoms with van der Waals surface area (Å²) in [4.78, 5) is 0. The van der Waals surface area contributed by atoms with Crippen LogP contribution in [0.25, 0.3) is 0 Å². The molecule has 2 aromatic carbocycles. The van der Waals surface area contributed by atoms with Crippen molar-refractivity contribution >= 4 is 12.7 Å². The molecule has 0 saturated heterocycles. The van der Waals surface area contributed by atoms with Gasteiger partial charge in [0.25, 0.3) is 7.37 Å². The summed E-state index contributed by atoms with van der Waals surface area (Å²) in [6, 6.07) is 19.1. The highest BCUT2D eigenvalue weighted by atomic mass is 31.2. The fourth-order valence-electron chi connectivity index (χ4n) is 2.28. The molecule has 0 heterocycles. The van der Waals surface area contributed by atoms with Crippen molar-refractivity contribution in [3.05, 3.63) is 60.7 Å². The second-order valence-electron chi connectivity index (χ2n) is 5.20. The minimum atomic E-state index is -2.83. The average Bonchev–Trinajstić information content (AvgIpc) is 2.53. The van der Waals surface area contributed by atoms with Gasteiger partial charge in [-0.2, -0.15) is 0 Å². The van der Waals surface area contributed by atoms with Crippen molar-refractivity contribution in [1.82, 2.24) is 0 Å². The van der Waals surface area contributed by atoms with Crippen LogP contribution in [-0.2, 0) is 4.57 Å². The second kappa shape index (κ2) is 8.05. The van der Waals surface area contributed by atoms with Crippen LogP contribution in [0, 0.1) is 0 Å². The third-order valence-corrected chi connectivity index (χ3v) is 5.95. The van der Waals surface area contributed by atoms with E-state index in [-0.39, 0.29) is 0 Å². The van der Waals surface area contributed by atoms with Gasteiger partial charge >= 0.3 is 0 Å². The molecule has 0 aliphatic rings. The molecular weight excluding hydrogens is 279 g/mol. The van der Waals surface area contributed by atoms with Crippen LogP contribution in [0.4, 0.5) is 0 Å². The fourth-order valence-corrected chi connectivity index (χ4v) is 4.46. The van der Waals surface area contributed by atoms with E-state index in [1.165, 1.54) is 12.8 Å². The monoisotopic (exact) mass is 302 g/mol. The van der Waals surface area contributed by atoms with E-state index in [9.17, 15) is 4.57 Å². The van der Waals surface area contributed by atoms with E-state index in [4.69, 9.17) is 4.52 Å². The van der Waals surface area contributed by atoms with E-state index < -0.39 is 7.37 Å². The van der Waals surface area contributed by atoms with Crippen molar-refractivity contribution < 1.29 is 9.09 Å². The molecule has 1 unspecified atom stereocenters. The van der Waals surface area contributed by atoms with Crippen molar-refractivity contribution in [2.45, 2.75) is 32.6 Å². The fraction of sp³-hybridized carbons (Fsp3) is 0.333. The van der Waals surface area contributed by atoms with Crippen molar-refractivity contribution in [3.63, 3.8) is 0 Å². The normalized spacial score (nSPS) is 13.6. The van der Waals surface area contributed by atoms with Gasteiger partial charge in [0.05, 0.1) is 0 Å². The Bertz CT molecular complexity index is 566. The molecule has 0 aliphatic carbocycles. The number of unbranched alkanes of at least 4 members (excludes halogenated alkanes) is 3. The Morgan fingerprint density at radius 3 is 2.10 bits per heavy atom. The Balaban J connectivity index is 2.16. The van der Waals surface area contributed by atoms with Gasteiger partial charge in [0.15, 0.2) is 0 Å². The summed E-state index contributed by atoms with van der Waals surface area (Å²) in [7, 11) is -2.83. The third kappa shape index (κ3) is 4.75. The lowest BCUT2D eigenvalue weighted by molar-refractivity contribution is 0.488. The summed E-state index contributed by atoms with van der Waals surface area (Å²) in [5.41, 5.74) is 0. The zero-order valence-corrected chi connectivity index (χ0v) is 13.5. The zero-order chi connectivity index (χ0) is 15.0. The van der Waals surface area contributed by atoms with Crippen molar-refractivity contribution in [3.8, 4) is 5.75 Å². The molecule has 0 aromatic heterocycles. The molecule has 0 amide bonds. The molecule has 2 nitrogen and oxygen atoms in total. The highest BCUT2D eigenvalue weighted by Crippen LogP contribution is 2.46. The van der Waals surface area contributed by atoms with Gasteiger partial charge in [0, 0.05) is 11.5 Å². The smallest absolute Gasteiger partial charge is 0.277 e. The Labute approximate surface area is 127 Å². The van der Waals surface area contributed by atoms with Crippen LogP contribution in [0.1, 0.15) is 32.6 Å². The van der Waals surface area contributed by atoms with Crippen LogP contribution in [0.5, 0.6) is 5.75 Å². The first kappa shape index (κ1) is 15.9. The van der Waals surface area contributed by atoms with Crippen molar-refractivity contribution in [1.29, 1.82) is 0 Å². The summed E-state index contributed by atoms with van der Waals surface area (Å²) in [6.45, 7) is 2.18. The Kier molecular flexibility index (Phi) is 6.07. The molecule has 0 N–H and O–H groups in total. The van der Waals surface area contributed by atoms with Crippen LogP contribution < -0.4 is 9.83 Å². The number of rotatable bonds is 8. The predicted molar refractivity (Wildman–Crippen MR) is 89.8 cm³/mol. The van der Waals surface area contributed by atoms with Crippen LogP contribution in [0.15, 0.2) is 60.7 Å². The van der Waals surface area contributed by atoms with Crippen molar-refractivity contribution in [2.24, 2.45) is 0 Å². The number of hydrogen-bond acceptors (Lipinski definition) is 2. The van der Waals surface area contributed by atoms with Crippen molar-refractivity contribution in [2.75, 3.05) is 6.16 Å². The largest absolute Gasteiger partial charge is 0.440 e. The number of para-hydroxylation sites is 1. The lowest BCUT2D eigenvalue weighted by atomic mass is 10.2. The maximum absolute atomic E-state index is 13.3. The molecule has 0 fully saturated rings. The number of hydrogen-bond donors (Lipinski definition) is 0. The SMILES string of the molecule is CCCCCCP(=O)(Oc1ccccc1)c1ccccc1. The summed E-state index contributed by atoms with van der Waals surface area (Å²) < 4.78 is 19.2. The molecule has 0 saturated carbocycles. The van der Waals surface area contributed by atoms with Gasteiger partial charge in [0.1, 0.15) is 5.75 Å². The molecule has 21 heavy (non-hydrogen) atoms. The predicted octanol–water partition coefficient (Wildman–Crippen LogP) is 5.25. The highest BCUT2D eigenvalue weighted by Gasteiger charge is 2.26. The molecular formula is C18H23O2P. The van der Waals surface area contributed by atoms with Gasteiger partial charge in [-0.3, -0.25) is 4.57 Å². The maximum Gasteiger partial charge on any atom is 0.277 e. The van der Waals surface area contributed by atoms with E-state index in [0.29, 0.717) is 11.9 Å². The van der Waals surface area contributed by atoms with Crippen LogP contribution in [0.2, 0.25) is 0 Å². The van der Waals surface area contributed by atoms with Gasteiger partial charge < -0.3 is 4.52 Å². The van der Waals surface area contributed by atoms with Gasteiger partial charge in [-0.15, -0.1) is 0 Å². The molecule has 2 rings (SSSR count). The van der Waals surface area contributed by atoms with E-state index in [1.807, 2.05) is 60.7 Å². The molecule has 3 heteroatoms. The highest BCUT2D eigenvalue weighted by molar-refractivity contribution is 7.67. The first-order valence-corrected chi connectivity index (χ1v) is 9.45. The summed E-state index contributed by atoms with van der Waals surface area (Å²) in [5.74, 6) is 0.681. The van der Waals surface area contributed by atoms with E-state index in [0.717, 1.165) is 18.1 Å². The van der Waals surface area contributed by atoms with E-state index in [2.05, 4.69) is 6.92 Å². The summed E-state index contributed by atoms with van der Waals surface area (Å²) in [6.07, 6.45) is 5.00. The Morgan fingerprint density at radius 1 is 0.857 bits per heavy atom. The molecule has 2 aromatic rings. The number of benzene rings is 2. The molecule has 0 radical (unpaired) electrons. The minimum absolute atomic E-state index is 0.603. The third-order valence-electron chi connectivity index (χ3n) is 3.45. The van der Waals surface area contributed by atoms with Crippen LogP contribution in [0.3, 0.4) is 0 Å². The Hall–Kier alpha value is -1.53. The quantitative estimate of drug-likeness (QED) is 0.492.